The van der Waals surface area contributed by atoms with Crippen molar-refractivity contribution in [1.82, 2.24) is 0 Å². The lowest BCUT2D eigenvalue weighted by molar-refractivity contribution is -0.130. The van der Waals surface area contributed by atoms with Gasteiger partial charge in [-0.1, -0.05) is 70.4 Å². The smallest absolute Gasteiger partial charge is 0.157 e. The zero-order valence-corrected chi connectivity index (χ0v) is 17.2. The monoisotopic (exact) mass is 340 g/mol. The molecule has 0 saturated carbocycles. The lowest BCUT2D eigenvalue weighted by atomic mass is 10.0. The van der Waals surface area contributed by atoms with Crippen molar-refractivity contribution in [2.75, 3.05) is 13.7 Å². The van der Waals surface area contributed by atoms with Crippen LogP contribution < -0.4 is 0 Å². The highest BCUT2D eigenvalue weighted by Gasteiger charge is 2.08. The van der Waals surface area contributed by atoms with Crippen LogP contribution in [0, 0.1) is 5.92 Å². The van der Waals surface area contributed by atoms with Gasteiger partial charge in [-0.3, -0.25) is 0 Å². The molecule has 0 heterocycles. The van der Waals surface area contributed by atoms with Gasteiger partial charge in [-0.15, -0.1) is 0 Å². The predicted octanol–water partition coefficient (Wildman–Crippen LogP) is 7.28. The van der Waals surface area contributed by atoms with Crippen LogP contribution in [0.2, 0.25) is 0 Å². The van der Waals surface area contributed by atoms with Gasteiger partial charge in [-0.05, 0) is 51.9 Å². The van der Waals surface area contributed by atoms with Gasteiger partial charge in [0.1, 0.15) is 0 Å². The van der Waals surface area contributed by atoms with Gasteiger partial charge < -0.3 is 9.47 Å². The molecule has 0 aliphatic rings. The summed E-state index contributed by atoms with van der Waals surface area (Å²) in [5.41, 5.74) is 1.42. The third kappa shape index (κ3) is 16.5. The number of rotatable bonds is 17. The Labute approximate surface area is 152 Å². The van der Waals surface area contributed by atoms with Crippen molar-refractivity contribution >= 4 is 0 Å². The van der Waals surface area contributed by atoms with E-state index in [1.807, 2.05) is 0 Å². The molecule has 0 bridgehead atoms. The van der Waals surface area contributed by atoms with Crippen molar-refractivity contribution in [2.24, 2.45) is 5.92 Å². The van der Waals surface area contributed by atoms with Gasteiger partial charge in [-0.2, -0.15) is 0 Å². The lowest BCUT2D eigenvalue weighted by Crippen LogP contribution is -2.17. The zero-order valence-electron chi connectivity index (χ0n) is 17.2. The van der Waals surface area contributed by atoms with Crippen LogP contribution in [0.4, 0.5) is 0 Å². The molecule has 0 radical (unpaired) electrons. The molecular weight excluding hydrogens is 296 g/mol. The normalized spacial score (nSPS) is 13.7. The van der Waals surface area contributed by atoms with Gasteiger partial charge in [0.2, 0.25) is 0 Å². The summed E-state index contributed by atoms with van der Waals surface area (Å²) in [6, 6.07) is 0. The topological polar surface area (TPSA) is 18.5 Å². The number of methoxy groups -OCH3 is 1. The minimum absolute atomic E-state index is 0.00456. The molecule has 0 amide bonds. The van der Waals surface area contributed by atoms with Gasteiger partial charge in [0.25, 0.3) is 0 Å². The maximum atomic E-state index is 5.91. The first kappa shape index (κ1) is 23.7. The summed E-state index contributed by atoms with van der Waals surface area (Å²) in [5, 5.41) is 0. The fourth-order valence-corrected chi connectivity index (χ4v) is 2.92. The van der Waals surface area contributed by atoms with E-state index in [-0.39, 0.29) is 6.29 Å². The maximum Gasteiger partial charge on any atom is 0.157 e. The molecular formula is C22H44O2. The third-order valence-corrected chi connectivity index (χ3v) is 4.68. The second-order valence-corrected chi connectivity index (χ2v) is 7.55. The Bertz CT molecular complexity index is 282. The van der Waals surface area contributed by atoms with Crippen LogP contribution in [-0.4, -0.2) is 20.0 Å². The second kappa shape index (κ2) is 17.5. The van der Waals surface area contributed by atoms with Crippen molar-refractivity contribution in [3.8, 4) is 0 Å². The molecule has 144 valence electrons. The molecule has 0 rings (SSSR count). The van der Waals surface area contributed by atoms with E-state index in [0.717, 1.165) is 25.4 Å². The Kier molecular flexibility index (Phi) is 17.2. The highest BCUT2D eigenvalue weighted by molar-refractivity contribution is 4.92. The molecule has 0 aliphatic carbocycles. The van der Waals surface area contributed by atoms with Crippen LogP contribution in [0.5, 0.6) is 0 Å². The molecule has 0 fully saturated rings. The molecule has 2 heteroatoms. The third-order valence-electron chi connectivity index (χ3n) is 4.68. The Balaban J connectivity index is 3.53. The average molecular weight is 341 g/mol. The number of hydrogen-bond donors (Lipinski definition) is 0. The molecule has 0 aromatic rings. The van der Waals surface area contributed by atoms with Crippen LogP contribution in [0.3, 0.4) is 0 Å². The fourth-order valence-electron chi connectivity index (χ4n) is 2.92. The Hall–Kier alpha value is -0.340. The number of hydrogen-bond acceptors (Lipinski definition) is 2. The van der Waals surface area contributed by atoms with Crippen molar-refractivity contribution in [1.29, 1.82) is 0 Å². The summed E-state index contributed by atoms with van der Waals surface area (Å²) in [4.78, 5) is 0. The van der Waals surface area contributed by atoms with Crippen molar-refractivity contribution in [3.05, 3.63) is 11.6 Å². The van der Waals surface area contributed by atoms with Gasteiger partial charge in [0, 0.05) is 13.7 Å². The highest BCUT2D eigenvalue weighted by atomic mass is 16.7. The van der Waals surface area contributed by atoms with E-state index in [9.17, 15) is 0 Å². The van der Waals surface area contributed by atoms with Gasteiger partial charge in [0.15, 0.2) is 6.29 Å². The molecule has 0 spiro atoms. The summed E-state index contributed by atoms with van der Waals surface area (Å²) in [6.07, 6.45) is 17.8. The largest absolute Gasteiger partial charge is 0.356 e. The number of allylic oxidation sites excluding steroid dienone is 2. The van der Waals surface area contributed by atoms with E-state index in [2.05, 4.69) is 33.8 Å². The first-order chi connectivity index (χ1) is 11.6. The highest BCUT2D eigenvalue weighted by Crippen LogP contribution is 2.15. The van der Waals surface area contributed by atoms with Crippen molar-refractivity contribution in [3.63, 3.8) is 0 Å². The quantitative estimate of drug-likeness (QED) is 0.157. The average Bonchev–Trinajstić information content (AvgIpc) is 2.55. The zero-order chi connectivity index (χ0) is 18.0. The molecule has 0 aromatic carbocycles. The Morgan fingerprint density at radius 3 is 2.08 bits per heavy atom. The summed E-state index contributed by atoms with van der Waals surface area (Å²) in [6.45, 7) is 9.76. The standard InChI is InChI=1S/C22H44O2/c1-6-7-8-9-10-11-12-13-17-22(23-5)24-19-18-21(4)16-14-15-20(2)3/h15,21-22H,6-14,16-19H2,1-5H3. The van der Waals surface area contributed by atoms with Gasteiger partial charge in [-0.25, -0.2) is 0 Å². The van der Waals surface area contributed by atoms with E-state index in [1.54, 1.807) is 7.11 Å². The van der Waals surface area contributed by atoms with Crippen LogP contribution in [-0.2, 0) is 9.47 Å². The van der Waals surface area contributed by atoms with Crippen molar-refractivity contribution in [2.45, 2.75) is 111 Å². The Morgan fingerprint density at radius 1 is 0.875 bits per heavy atom. The molecule has 0 N–H and O–H groups in total. The van der Waals surface area contributed by atoms with Gasteiger partial charge >= 0.3 is 0 Å². The molecule has 24 heavy (non-hydrogen) atoms. The molecule has 0 saturated heterocycles. The SMILES string of the molecule is CCCCCCCCCCC(OC)OCCC(C)CCC=C(C)C. The lowest BCUT2D eigenvalue weighted by Gasteiger charge is -2.18. The summed E-state index contributed by atoms with van der Waals surface area (Å²) >= 11 is 0. The van der Waals surface area contributed by atoms with E-state index < -0.39 is 0 Å². The van der Waals surface area contributed by atoms with Crippen LogP contribution in [0.1, 0.15) is 105 Å². The molecule has 0 aliphatic heterocycles. The van der Waals surface area contributed by atoms with Crippen LogP contribution in [0.25, 0.3) is 0 Å². The summed E-state index contributed by atoms with van der Waals surface area (Å²) in [5.74, 6) is 0.723. The Morgan fingerprint density at radius 2 is 1.50 bits per heavy atom. The second-order valence-electron chi connectivity index (χ2n) is 7.55. The van der Waals surface area contributed by atoms with Gasteiger partial charge in [0.05, 0.1) is 0 Å². The van der Waals surface area contributed by atoms with Crippen LogP contribution >= 0.6 is 0 Å². The number of unbranched alkanes of at least 4 members (excludes halogenated alkanes) is 7. The van der Waals surface area contributed by atoms with E-state index in [4.69, 9.17) is 9.47 Å². The number of ether oxygens (including phenoxy) is 2. The van der Waals surface area contributed by atoms with E-state index in [1.165, 1.54) is 69.8 Å². The first-order valence-electron chi connectivity index (χ1n) is 10.4. The minimum atomic E-state index is -0.00456. The first-order valence-corrected chi connectivity index (χ1v) is 10.4. The minimum Gasteiger partial charge on any atom is -0.356 e. The summed E-state index contributed by atoms with van der Waals surface area (Å²) in [7, 11) is 1.77. The molecule has 2 nitrogen and oxygen atoms in total. The van der Waals surface area contributed by atoms with E-state index in [0.29, 0.717) is 0 Å². The van der Waals surface area contributed by atoms with Crippen molar-refractivity contribution < 1.29 is 9.47 Å². The fraction of sp³-hybridized carbons (Fsp3) is 0.909. The summed E-state index contributed by atoms with van der Waals surface area (Å²) < 4.78 is 11.4. The molecule has 2 unspecified atom stereocenters. The maximum absolute atomic E-state index is 5.91. The van der Waals surface area contributed by atoms with Crippen LogP contribution in [0.15, 0.2) is 11.6 Å². The molecule has 0 aromatic heterocycles. The molecule has 2 atom stereocenters. The van der Waals surface area contributed by atoms with E-state index >= 15 is 0 Å². The predicted molar refractivity (Wildman–Crippen MR) is 106 cm³/mol.